The highest BCUT2D eigenvalue weighted by molar-refractivity contribution is 7.99. The third-order valence-corrected chi connectivity index (χ3v) is 5.57. The molecule has 3 heterocycles. The minimum Gasteiger partial charge on any atom is -0.497 e. The Bertz CT molecular complexity index is 1070. The summed E-state index contributed by atoms with van der Waals surface area (Å²) in [5.41, 5.74) is 0.904. The SMILES string of the molecule is COc1ccc(-n2c(C)nnc2SCC(=O)N(Cc2ccco2)Cc2ccco2)cc1. The second-order valence-electron chi connectivity index (χ2n) is 6.76. The maximum absolute atomic E-state index is 13.1. The molecule has 0 aliphatic rings. The molecule has 0 saturated heterocycles. The second-order valence-corrected chi connectivity index (χ2v) is 7.70. The highest BCUT2D eigenvalue weighted by Crippen LogP contribution is 2.24. The zero-order valence-corrected chi connectivity index (χ0v) is 18.0. The zero-order chi connectivity index (χ0) is 21.6. The summed E-state index contributed by atoms with van der Waals surface area (Å²) in [6, 6.07) is 14.9. The molecule has 31 heavy (non-hydrogen) atoms. The van der Waals surface area contributed by atoms with Crippen LogP contribution in [0.15, 0.2) is 75.0 Å². The van der Waals surface area contributed by atoms with Gasteiger partial charge in [-0.05, 0) is 55.5 Å². The minimum absolute atomic E-state index is 0.0558. The lowest BCUT2D eigenvalue weighted by molar-refractivity contribution is -0.130. The largest absolute Gasteiger partial charge is 0.497 e. The lowest BCUT2D eigenvalue weighted by atomic mass is 10.3. The van der Waals surface area contributed by atoms with Crippen LogP contribution in [-0.4, -0.2) is 38.4 Å². The number of thioether (sulfide) groups is 1. The topological polar surface area (TPSA) is 86.5 Å². The van der Waals surface area contributed by atoms with E-state index in [1.54, 1.807) is 36.7 Å². The Labute approximate surface area is 183 Å². The van der Waals surface area contributed by atoms with Crippen LogP contribution in [-0.2, 0) is 17.9 Å². The summed E-state index contributed by atoms with van der Waals surface area (Å²) in [6.45, 7) is 2.60. The summed E-state index contributed by atoms with van der Waals surface area (Å²) in [6.07, 6.45) is 3.19. The Morgan fingerprint density at radius 1 is 1.03 bits per heavy atom. The molecule has 1 amide bonds. The predicted octanol–water partition coefficient (Wildman–Crippen LogP) is 4.09. The highest BCUT2D eigenvalue weighted by atomic mass is 32.2. The molecule has 3 aromatic heterocycles. The molecule has 0 unspecified atom stereocenters. The first-order chi connectivity index (χ1) is 15.1. The predicted molar refractivity (Wildman–Crippen MR) is 115 cm³/mol. The number of nitrogens with zero attached hydrogens (tertiary/aromatic N) is 4. The Balaban J connectivity index is 1.48. The van der Waals surface area contributed by atoms with Crippen molar-refractivity contribution in [2.24, 2.45) is 0 Å². The molecule has 8 nitrogen and oxygen atoms in total. The van der Waals surface area contributed by atoms with Crippen LogP contribution >= 0.6 is 11.8 Å². The van der Waals surface area contributed by atoms with E-state index in [0.29, 0.717) is 29.8 Å². The maximum Gasteiger partial charge on any atom is 0.233 e. The fourth-order valence-electron chi connectivity index (χ4n) is 3.10. The van der Waals surface area contributed by atoms with Crippen LogP contribution in [0.5, 0.6) is 5.75 Å². The number of hydrogen-bond donors (Lipinski definition) is 0. The van der Waals surface area contributed by atoms with E-state index in [2.05, 4.69) is 10.2 Å². The van der Waals surface area contributed by atoms with E-state index in [1.165, 1.54) is 11.8 Å². The number of aryl methyl sites for hydroxylation is 1. The van der Waals surface area contributed by atoms with Gasteiger partial charge in [0.25, 0.3) is 0 Å². The number of rotatable bonds is 9. The fraction of sp³-hybridized carbons (Fsp3) is 0.227. The average molecular weight is 439 g/mol. The third kappa shape index (κ3) is 5.00. The molecule has 0 spiro atoms. The number of methoxy groups -OCH3 is 1. The van der Waals surface area contributed by atoms with Crippen molar-refractivity contribution in [3.05, 3.63) is 78.4 Å². The van der Waals surface area contributed by atoms with Gasteiger partial charge in [-0.25, -0.2) is 0 Å². The molecule has 9 heteroatoms. The molecular weight excluding hydrogens is 416 g/mol. The van der Waals surface area contributed by atoms with E-state index in [4.69, 9.17) is 13.6 Å². The highest BCUT2D eigenvalue weighted by Gasteiger charge is 2.20. The molecule has 4 rings (SSSR count). The van der Waals surface area contributed by atoms with Crippen LogP contribution in [0.2, 0.25) is 0 Å². The van der Waals surface area contributed by atoms with Gasteiger partial charge in [0.05, 0.1) is 38.5 Å². The molecule has 1 aromatic carbocycles. The Hall–Kier alpha value is -3.46. The van der Waals surface area contributed by atoms with Crippen molar-refractivity contribution in [1.82, 2.24) is 19.7 Å². The van der Waals surface area contributed by atoms with Crippen LogP contribution in [0.1, 0.15) is 17.3 Å². The number of hydrogen-bond acceptors (Lipinski definition) is 7. The lowest BCUT2D eigenvalue weighted by Gasteiger charge is -2.20. The van der Waals surface area contributed by atoms with Crippen molar-refractivity contribution in [1.29, 1.82) is 0 Å². The Kier molecular flexibility index (Phi) is 6.42. The number of benzene rings is 1. The first kappa shape index (κ1) is 20.8. The van der Waals surface area contributed by atoms with Gasteiger partial charge < -0.3 is 18.5 Å². The first-order valence-electron chi connectivity index (χ1n) is 9.66. The number of aromatic nitrogens is 3. The smallest absolute Gasteiger partial charge is 0.233 e. The standard InChI is InChI=1S/C22H22N4O4S/c1-16-23-24-22(26(16)17-7-9-18(28-2)10-8-17)31-15-21(27)25(13-19-5-3-11-29-19)14-20-6-4-12-30-20/h3-12H,13-15H2,1-2H3. The number of furan rings is 2. The van der Waals surface area contributed by atoms with E-state index in [9.17, 15) is 4.79 Å². The Morgan fingerprint density at radius 3 is 2.23 bits per heavy atom. The molecule has 0 atom stereocenters. The number of carbonyl (C=O) groups is 1. The average Bonchev–Trinajstić information content (AvgIpc) is 3.55. The summed E-state index contributed by atoms with van der Waals surface area (Å²) in [5, 5.41) is 9.09. The molecule has 160 valence electrons. The van der Waals surface area contributed by atoms with Crippen LogP contribution in [0.25, 0.3) is 5.69 Å². The van der Waals surface area contributed by atoms with Crippen molar-refractivity contribution >= 4 is 17.7 Å². The third-order valence-electron chi connectivity index (χ3n) is 4.66. The molecular formula is C22H22N4O4S. The second kappa shape index (κ2) is 9.57. The van der Waals surface area contributed by atoms with E-state index in [-0.39, 0.29) is 11.7 Å². The minimum atomic E-state index is -0.0558. The number of carbonyl (C=O) groups excluding carboxylic acids is 1. The summed E-state index contributed by atoms with van der Waals surface area (Å²) in [7, 11) is 1.63. The van der Waals surface area contributed by atoms with Gasteiger partial charge >= 0.3 is 0 Å². The first-order valence-corrected chi connectivity index (χ1v) is 10.6. The lowest BCUT2D eigenvalue weighted by Crippen LogP contribution is -2.31. The van der Waals surface area contributed by atoms with Gasteiger partial charge in [-0.15, -0.1) is 10.2 Å². The molecule has 0 aliphatic carbocycles. The van der Waals surface area contributed by atoms with Gasteiger partial charge in [-0.3, -0.25) is 9.36 Å². The molecule has 0 saturated carbocycles. The van der Waals surface area contributed by atoms with Crippen molar-refractivity contribution in [2.45, 2.75) is 25.2 Å². The molecule has 0 fully saturated rings. The fourth-order valence-corrected chi connectivity index (χ4v) is 4.00. The van der Waals surface area contributed by atoms with Gasteiger partial charge in [-0.1, -0.05) is 11.8 Å². The van der Waals surface area contributed by atoms with Crippen molar-refractivity contribution in [2.75, 3.05) is 12.9 Å². The van der Waals surface area contributed by atoms with Gasteiger partial charge in [0.1, 0.15) is 23.1 Å². The van der Waals surface area contributed by atoms with E-state index < -0.39 is 0 Å². The van der Waals surface area contributed by atoms with Crippen LogP contribution in [0, 0.1) is 6.92 Å². The quantitative estimate of drug-likeness (QED) is 0.364. The number of amides is 1. The van der Waals surface area contributed by atoms with Crippen LogP contribution < -0.4 is 4.74 Å². The normalized spacial score (nSPS) is 10.9. The van der Waals surface area contributed by atoms with Gasteiger partial charge in [-0.2, -0.15) is 0 Å². The maximum atomic E-state index is 13.1. The van der Waals surface area contributed by atoms with Gasteiger partial charge in [0.2, 0.25) is 5.91 Å². The summed E-state index contributed by atoms with van der Waals surface area (Å²) < 4.78 is 18.0. The van der Waals surface area contributed by atoms with Crippen molar-refractivity contribution in [3.63, 3.8) is 0 Å². The molecule has 0 aliphatic heterocycles. The van der Waals surface area contributed by atoms with Crippen LogP contribution in [0.4, 0.5) is 0 Å². The van der Waals surface area contributed by atoms with Crippen LogP contribution in [0.3, 0.4) is 0 Å². The molecule has 0 radical (unpaired) electrons. The van der Waals surface area contributed by atoms with E-state index in [0.717, 1.165) is 17.3 Å². The summed E-state index contributed by atoms with van der Waals surface area (Å²) >= 11 is 1.34. The Morgan fingerprint density at radius 2 is 1.68 bits per heavy atom. The van der Waals surface area contributed by atoms with E-state index >= 15 is 0 Å². The monoisotopic (exact) mass is 438 g/mol. The van der Waals surface area contributed by atoms with Crippen molar-refractivity contribution in [3.8, 4) is 11.4 Å². The van der Waals surface area contributed by atoms with Gasteiger partial charge in [0, 0.05) is 5.69 Å². The van der Waals surface area contributed by atoms with Crippen molar-refractivity contribution < 1.29 is 18.4 Å². The molecule has 0 bridgehead atoms. The summed E-state index contributed by atoms with van der Waals surface area (Å²) in [5.74, 6) is 3.08. The van der Waals surface area contributed by atoms with E-state index in [1.807, 2.05) is 47.9 Å². The van der Waals surface area contributed by atoms with Gasteiger partial charge in [0.15, 0.2) is 5.16 Å². The number of ether oxygens (including phenoxy) is 1. The molecule has 0 N–H and O–H groups in total. The summed E-state index contributed by atoms with van der Waals surface area (Å²) in [4.78, 5) is 14.8. The zero-order valence-electron chi connectivity index (χ0n) is 17.2. The molecule has 4 aromatic rings.